The van der Waals surface area contributed by atoms with Gasteiger partial charge >= 0.3 is 0 Å². The van der Waals surface area contributed by atoms with Gasteiger partial charge in [0.05, 0.1) is 0 Å². The zero-order chi connectivity index (χ0) is 13.1. The fourth-order valence-electron chi connectivity index (χ4n) is 1.85. The molecule has 0 saturated heterocycles. The molecule has 0 aromatic carbocycles. The van der Waals surface area contributed by atoms with Gasteiger partial charge in [-0.05, 0) is 25.5 Å². The highest BCUT2D eigenvalue weighted by atomic mass is 15.2. The second-order valence-electron chi connectivity index (χ2n) is 4.32. The number of nitrogens with zero attached hydrogens (tertiary/aromatic N) is 4. The lowest BCUT2D eigenvalue weighted by molar-refractivity contribution is 0.867. The van der Waals surface area contributed by atoms with Crippen molar-refractivity contribution in [1.29, 1.82) is 0 Å². The highest BCUT2D eigenvalue weighted by molar-refractivity contribution is 5.56. The van der Waals surface area contributed by atoms with Crippen LogP contribution in [-0.2, 0) is 6.54 Å². The maximum absolute atomic E-state index is 5.86. The van der Waals surface area contributed by atoms with Crippen molar-refractivity contribution < 1.29 is 0 Å². The molecule has 0 amide bonds. The number of anilines is 2. The van der Waals surface area contributed by atoms with E-state index in [0.29, 0.717) is 11.6 Å². The van der Waals surface area contributed by atoms with Gasteiger partial charge in [-0.2, -0.15) is 0 Å². The number of aromatic nitrogens is 3. The Balaban J connectivity index is 2.26. The van der Waals surface area contributed by atoms with Crippen LogP contribution >= 0.6 is 0 Å². The van der Waals surface area contributed by atoms with Gasteiger partial charge in [-0.25, -0.2) is 9.97 Å². The summed E-state index contributed by atoms with van der Waals surface area (Å²) in [4.78, 5) is 14.8. The minimum atomic E-state index is 0.538. The molecule has 2 N–H and O–H groups in total. The van der Waals surface area contributed by atoms with E-state index in [1.54, 1.807) is 6.20 Å². The van der Waals surface area contributed by atoms with E-state index < -0.39 is 0 Å². The normalized spacial score (nSPS) is 10.4. The minimum absolute atomic E-state index is 0.538. The van der Waals surface area contributed by atoms with E-state index in [2.05, 4.69) is 19.9 Å². The lowest BCUT2D eigenvalue weighted by Gasteiger charge is -2.21. The summed E-state index contributed by atoms with van der Waals surface area (Å²) < 4.78 is 0. The van der Waals surface area contributed by atoms with E-state index in [0.717, 1.165) is 23.5 Å². The van der Waals surface area contributed by atoms with Crippen LogP contribution < -0.4 is 10.6 Å². The van der Waals surface area contributed by atoms with Gasteiger partial charge in [-0.3, -0.25) is 4.98 Å². The summed E-state index contributed by atoms with van der Waals surface area (Å²) in [5, 5.41) is 0. The van der Waals surface area contributed by atoms with Crippen LogP contribution in [-0.4, -0.2) is 22.0 Å². The largest absolute Gasteiger partial charge is 0.383 e. The SMILES string of the molecule is Cc1nc(N)c(C)c(N(C)Cc2cccnc2)n1. The third-order valence-corrected chi connectivity index (χ3v) is 2.77. The molecule has 5 heteroatoms. The van der Waals surface area contributed by atoms with E-state index in [-0.39, 0.29) is 0 Å². The molecule has 0 aliphatic heterocycles. The van der Waals surface area contributed by atoms with Crippen LogP contribution in [0.5, 0.6) is 0 Å². The maximum atomic E-state index is 5.86. The average Bonchev–Trinajstić information content (AvgIpc) is 2.35. The van der Waals surface area contributed by atoms with Crippen molar-refractivity contribution in [2.75, 3.05) is 17.7 Å². The Labute approximate surface area is 107 Å². The second kappa shape index (κ2) is 5.00. The standard InChI is InChI=1S/C13H17N5/c1-9-12(14)16-10(2)17-13(9)18(3)8-11-5-4-6-15-7-11/h4-7H,8H2,1-3H3,(H2,14,16,17). The molecule has 0 fully saturated rings. The van der Waals surface area contributed by atoms with Crippen LogP contribution in [0, 0.1) is 13.8 Å². The lowest BCUT2D eigenvalue weighted by Crippen LogP contribution is -2.20. The van der Waals surface area contributed by atoms with Gasteiger partial charge in [0.25, 0.3) is 0 Å². The van der Waals surface area contributed by atoms with Crippen molar-refractivity contribution in [1.82, 2.24) is 15.0 Å². The van der Waals surface area contributed by atoms with Gasteiger partial charge in [-0.15, -0.1) is 0 Å². The molecule has 0 aliphatic carbocycles. The van der Waals surface area contributed by atoms with Crippen molar-refractivity contribution in [2.24, 2.45) is 0 Å². The van der Waals surface area contributed by atoms with Crippen molar-refractivity contribution in [3.05, 3.63) is 41.5 Å². The summed E-state index contributed by atoms with van der Waals surface area (Å²) in [6, 6.07) is 3.96. The Morgan fingerprint density at radius 2 is 2.06 bits per heavy atom. The van der Waals surface area contributed by atoms with E-state index in [4.69, 9.17) is 5.73 Å². The Bertz CT molecular complexity index is 539. The van der Waals surface area contributed by atoms with Gasteiger partial charge in [0.15, 0.2) is 0 Å². The minimum Gasteiger partial charge on any atom is -0.383 e. The number of pyridine rings is 1. The number of hydrogen-bond donors (Lipinski definition) is 1. The molecule has 5 nitrogen and oxygen atoms in total. The predicted octanol–water partition coefficient (Wildman–Crippen LogP) is 1.71. The van der Waals surface area contributed by atoms with E-state index in [1.807, 2.05) is 39.2 Å². The molecule has 0 aliphatic rings. The van der Waals surface area contributed by atoms with Crippen molar-refractivity contribution in [2.45, 2.75) is 20.4 Å². The van der Waals surface area contributed by atoms with Crippen LogP contribution in [0.3, 0.4) is 0 Å². The van der Waals surface area contributed by atoms with Crippen molar-refractivity contribution in [3.8, 4) is 0 Å². The lowest BCUT2D eigenvalue weighted by atomic mass is 10.2. The van der Waals surface area contributed by atoms with Gasteiger partial charge in [0.1, 0.15) is 17.5 Å². The molecule has 18 heavy (non-hydrogen) atoms. The number of nitrogens with two attached hydrogens (primary N) is 1. The number of nitrogen functional groups attached to an aromatic ring is 1. The summed E-state index contributed by atoms with van der Waals surface area (Å²) >= 11 is 0. The highest BCUT2D eigenvalue weighted by Gasteiger charge is 2.11. The fourth-order valence-corrected chi connectivity index (χ4v) is 1.85. The van der Waals surface area contributed by atoms with Gasteiger partial charge in [-0.1, -0.05) is 6.07 Å². The zero-order valence-corrected chi connectivity index (χ0v) is 10.9. The third kappa shape index (κ3) is 2.56. The van der Waals surface area contributed by atoms with Gasteiger partial charge in [0.2, 0.25) is 0 Å². The zero-order valence-electron chi connectivity index (χ0n) is 10.9. The molecule has 2 aromatic rings. The Morgan fingerprint density at radius 1 is 1.28 bits per heavy atom. The highest BCUT2D eigenvalue weighted by Crippen LogP contribution is 2.21. The monoisotopic (exact) mass is 243 g/mol. The Morgan fingerprint density at radius 3 is 2.72 bits per heavy atom. The van der Waals surface area contributed by atoms with Crippen LogP contribution in [0.4, 0.5) is 11.6 Å². The van der Waals surface area contributed by atoms with Crippen LogP contribution in [0.25, 0.3) is 0 Å². The van der Waals surface area contributed by atoms with E-state index >= 15 is 0 Å². The fraction of sp³-hybridized carbons (Fsp3) is 0.308. The first-order chi connectivity index (χ1) is 8.58. The first-order valence-electron chi connectivity index (χ1n) is 5.78. The molecule has 0 unspecified atom stereocenters. The Kier molecular flexibility index (Phi) is 3.41. The van der Waals surface area contributed by atoms with E-state index in [1.165, 1.54) is 0 Å². The van der Waals surface area contributed by atoms with Crippen LogP contribution in [0.2, 0.25) is 0 Å². The van der Waals surface area contributed by atoms with Gasteiger partial charge in [0, 0.05) is 31.5 Å². The summed E-state index contributed by atoms with van der Waals surface area (Å²) in [6.07, 6.45) is 3.62. The van der Waals surface area contributed by atoms with Gasteiger partial charge < -0.3 is 10.6 Å². The molecule has 2 aromatic heterocycles. The number of aryl methyl sites for hydroxylation is 1. The third-order valence-electron chi connectivity index (χ3n) is 2.77. The molecule has 0 spiro atoms. The van der Waals surface area contributed by atoms with Crippen molar-refractivity contribution in [3.63, 3.8) is 0 Å². The number of hydrogen-bond acceptors (Lipinski definition) is 5. The summed E-state index contributed by atoms with van der Waals surface area (Å²) in [5.41, 5.74) is 7.91. The molecule has 0 radical (unpaired) electrons. The second-order valence-corrected chi connectivity index (χ2v) is 4.32. The molecule has 94 valence electrons. The number of rotatable bonds is 3. The summed E-state index contributed by atoms with van der Waals surface area (Å²) in [6.45, 7) is 4.52. The molecular formula is C13H17N5. The average molecular weight is 243 g/mol. The molecular weight excluding hydrogens is 226 g/mol. The van der Waals surface area contributed by atoms with Crippen molar-refractivity contribution >= 4 is 11.6 Å². The first-order valence-corrected chi connectivity index (χ1v) is 5.78. The Hall–Kier alpha value is -2.17. The van der Waals surface area contributed by atoms with Crippen LogP contribution in [0.15, 0.2) is 24.5 Å². The molecule has 2 heterocycles. The summed E-state index contributed by atoms with van der Waals surface area (Å²) in [7, 11) is 1.99. The molecule has 0 bridgehead atoms. The summed E-state index contributed by atoms with van der Waals surface area (Å²) in [5.74, 6) is 2.09. The molecule has 0 atom stereocenters. The van der Waals surface area contributed by atoms with E-state index in [9.17, 15) is 0 Å². The smallest absolute Gasteiger partial charge is 0.137 e. The quantitative estimate of drug-likeness (QED) is 0.888. The molecule has 2 rings (SSSR count). The maximum Gasteiger partial charge on any atom is 0.137 e. The van der Waals surface area contributed by atoms with Crippen LogP contribution in [0.1, 0.15) is 17.0 Å². The predicted molar refractivity (Wildman–Crippen MR) is 72.3 cm³/mol. The molecule has 0 saturated carbocycles. The first kappa shape index (κ1) is 12.3. The topological polar surface area (TPSA) is 67.9 Å².